The maximum atomic E-state index is 2.64. The third-order valence-corrected chi connectivity index (χ3v) is 8.78. The largest absolute Gasteiger partial charge is 0.0841 e. The summed E-state index contributed by atoms with van der Waals surface area (Å²) in [7, 11) is 0.178. The molecule has 0 aliphatic carbocycles. The monoisotopic (exact) mass is 438 g/mol. The van der Waals surface area contributed by atoms with Crippen molar-refractivity contribution < 1.29 is 0 Å². The Bertz CT molecular complexity index is 298. The van der Waals surface area contributed by atoms with Crippen LogP contribution in [0.2, 0.25) is 0 Å². The van der Waals surface area contributed by atoms with Crippen molar-refractivity contribution in [1.29, 1.82) is 0 Å². The molecule has 0 N–H and O–H groups in total. The van der Waals surface area contributed by atoms with Gasteiger partial charge in [0.25, 0.3) is 0 Å². The van der Waals surface area contributed by atoms with Gasteiger partial charge in [0.15, 0.2) is 0 Å². The summed E-state index contributed by atoms with van der Waals surface area (Å²) in [4.78, 5) is 0. The standard InChI is InChI=1S/C29H59P/c1-4-7-10-12-14-16-18-20-22-25-28-30(27-24-9-6-3)29-26-23-21-19-17-15-13-11-8-5-2/h24,27H,4-23,25-26,28-29H2,1-3H3. The van der Waals surface area contributed by atoms with E-state index in [1.807, 2.05) is 0 Å². The lowest BCUT2D eigenvalue weighted by molar-refractivity contribution is 0.561. The summed E-state index contributed by atoms with van der Waals surface area (Å²) in [6.45, 7) is 6.92. The van der Waals surface area contributed by atoms with Crippen molar-refractivity contribution in [3.05, 3.63) is 11.9 Å². The smallest absolute Gasteiger partial charge is 0.0291 e. The second kappa shape index (κ2) is 27.2. The van der Waals surface area contributed by atoms with Crippen molar-refractivity contribution in [2.45, 2.75) is 162 Å². The van der Waals surface area contributed by atoms with E-state index in [0.29, 0.717) is 0 Å². The Morgan fingerprint density at radius 1 is 0.400 bits per heavy atom. The molecule has 1 heteroatoms. The van der Waals surface area contributed by atoms with E-state index in [0.717, 1.165) is 0 Å². The first-order valence-electron chi connectivity index (χ1n) is 14.3. The van der Waals surface area contributed by atoms with Crippen LogP contribution in [0.15, 0.2) is 11.9 Å². The van der Waals surface area contributed by atoms with Gasteiger partial charge >= 0.3 is 0 Å². The molecular weight excluding hydrogens is 379 g/mol. The molecule has 0 rings (SSSR count). The van der Waals surface area contributed by atoms with E-state index >= 15 is 0 Å². The summed E-state index contributed by atoms with van der Waals surface area (Å²) in [5.74, 6) is 2.64. The molecule has 0 amide bonds. The first-order chi connectivity index (χ1) is 14.8. The van der Waals surface area contributed by atoms with Crippen molar-refractivity contribution >= 4 is 7.92 Å². The minimum atomic E-state index is 0.178. The van der Waals surface area contributed by atoms with Gasteiger partial charge in [0.05, 0.1) is 0 Å². The number of unbranched alkanes of at least 4 members (excludes halogenated alkanes) is 19. The highest BCUT2D eigenvalue weighted by Crippen LogP contribution is 2.40. The zero-order valence-corrected chi connectivity index (χ0v) is 22.5. The Balaban J connectivity index is 3.66. The summed E-state index contributed by atoms with van der Waals surface area (Å²) < 4.78 is 0. The van der Waals surface area contributed by atoms with Gasteiger partial charge in [-0.1, -0.05) is 163 Å². The van der Waals surface area contributed by atoms with Crippen LogP contribution in [-0.2, 0) is 0 Å². The van der Waals surface area contributed by atoms with Crippen LogP contribution in [0.5, 0.6) is 0 Å². The molecule has 0 unspecified atom stereocenters. The minimum Gasteiger partial charge on any atom is -0.0841 e. The molecule has 0 aliphatic heterocycles. The van der Waals surface area contributed by atoms with Gasteiger partial charge in [-0.3, -0.25) is 0 Å². The van der Waals surface area contributed by atoms with E-state index in [2.05, 4.69) is 32.7 Å². The van der Waals surface area contributed by atoms with Gasteiger partial charge in [-0.05, 0) is 31.6 Å². The topological polar surface area (TPSA) is 0 Å². The van der Waals surface area contributed by atoms with E-state index in [4.69, 9.17) is 0 Å². The minimum absolute atomic E-state index is 0.178. The zero-order valence-electron chi connectivity index (χ0n) is 21.6. The average molecular weight is 439 g/mol. The van der Waals surface area contributed by atoms with E-state index in [1.165, 1.54) is 154 Å². The second-order valence-electron chi connectivity index (χ2n) is 9.57. The maximum Gasteiger partial charge on any atom is -0.0291 e. The van der Waals surface area contributed by atoms with Crippen LogP contribution in [0.3, 0.4) is 0 Å². The van der Waals surface area contributed by atoms with E-state index < -0.39 is 0 Å². The van der Waals surface area contributed by atoms with E-state index in [9.17, 15) is 0 Å². The molecule has 0 saturated carbocycles. The molecule has 0 nitrogen and oxygen atoms in total. The van der Waals surface area contributed by atoms with Crippen molar-refractivity contribution in [1.82, 2.24) is 0 Å². The highest BCUT2D eigenvalue weighted by atomic mass is 31.1. The molecule has 0 aromatic heterocycles. The number of rotatable bonds is 25. The fourth-order valence-electron chi connectivity index (χ4n) is 4.26. The van der Waals surface area contributed by atoms with Crippen LogP contribution in [0.4, 0.5) is 0 Å². The summed E-state index contributed by atoms with van der Waals surface area (Å²) in [5, 5.41) is 0. The zero-order chi connectivity index (χ0) is 22.0. The van der Waals surface area contributed by atoms with Gasteiger partial charge < -0.3 is 0 Å². The molecule has 180 valence electrons. The molecule has 0 aliphatic rings. The number of hydrogen-bond donors (Lipinski definition) is 0. The Hall–Kier alpha value is 0.170. The highest BCUT2D eigenvalue weighted by molar-refractivity contribution is 7.60. The highest BCUT2D eigenvalue weighted by Gasteiger charge is 2.04. The number of allylic oxidation sites excluding steroid dienone is 1. The van der Waals surface area contributed by atoms with Crippen LogP contribution in [-0.4, -0.2) is 12.3 Å². The van der Waals surface area contributed by atoms with Crippen LogP contribution in [0.1, 0.15) is 162 Å². The third kappa shape index (κ3) is 24.4. The quantitative estimate of drug-likeness (QED) is 0.0981. The SMILES string of the molecule is CCCC=CP(CCCCCCCCCCCC)CCCCCCCCCCCC. The van der Waals surface area contributed by atoms with Crippen LogP contribution in [0, 0.1) is 0 Å². The summed E-state index contributed by atoms with van der Waals surface area (Å²) in [5.41, 5.74) is 0. The Kier molecular flexibility index (Phi) is 27.4. The first-order valence-corrected chi connectivity index (χ1v) is 16.0. The van der Waals surface area contributed by atoms with E-state index in [-0.39, 0.29) is 7.92 Å². The lowest BCUT2D eigenvalue weighted by atomic mass is 10.1. The Morgan fingerprint density at radius 3 is 1.07 bits per heavy atom. The molecule has 0 atom stereocenters. The number of hydrogen-bond acceptors (Lipinski definition) is 0. The van der Waals surface area contributed by atoms with Crippen LogP contribution in [0.25, 0.3) is 0 Å². The molecule has 0 saturated heterocycles. The molecule has 0 bridgehead atoms. The van der Waals surface area contributed by atoms with Gasteiger partial charge in [0.2, 0.25) is 0 Å². The maximum absolute atomic E-state index is 2.64. The second-order valence-corrected chi connectivity index (χ2v) is 11.9. The lowest BCUT2D eigenvalue weighted by Crippen LogP contribution is -1.91. The van der Waals surface area contributed by atoms with Crippen molar-refractivity contribution in [2.75, 3.05) is 12.3 Å². The van der Waals surface area contributed by atoms with Crippen LogP contribution < -0.4 is 0 Å². The normalized spacial score (nSPS) is 11.9. The predicted molar refractivity (Wildman–Crippen MR) is 144 cm³/mol. The van der Waals surface area contributed by atoms with E-state index in [1.54, 1.807) is 0 Å². The lowest BCUT2D eigenvalue weighted by Gasteiger charge is -2.14. The fraction of sp³-hybridized carbons (Fsp3) is 0.931. The van der Waals surface area contributed by atoms with Crippen molar-refractivity contribution in [2.24, 2.45) is 0 Å². The van der Waals surface area contributed by atoms with Gasteiger partial charge in [-0.15, -0.1) is 0 Å². The summed E-state index contributed by atoms with van der Waals surface area (Å²) in [6.07, 6.45) is 37.3. The molecule has 0 spiro atoms. The van der Waals surface area contributed by atoms with Crippen molar-refractivity contribution in [3.8, 4) is 0 Å². The Labute approximate surface area is 194 Å². The summed E-state index contributed by atoms with van der Waals surface area (Å²) in [6, 6.07) is 0. The molecule has 0 aromatic rings. The molecule has 30 heavy (non-hydrogen) atoms. The average Bonchev–Trinajstić information content (AvgIpc) is 2.76. The van der Waals surface area contributed by atoms with Gasteiger partial charge in [-0.2, -0.15) is 0 Å². The molecule has 0 heterocycles. The molecular formula is C29H59P. The van der Waals surface area contributed by atoms with Crippen molar-refractivity contribution in [3.63, 3.8) is 0 Å². The summed E-state index contributed by atoms with van der Waals surface area (Å²) >= 11 is 0. The molecule has 0 fully saturated rings. The predicted octanol–water partition coefficient (Wildman–Crippen LogP) is 11.6. The molecule has 0 radical (unpaired) electrons. The Morgan fingerprint density at radius 2 is 0.733 bits per heavy atom. The van der Waals surface area contributed by atoms with Gasteiger partial charge in [-0.25, -0.2) is 0 Å². The van der Waals surface area contributed by atoms with Gasteiger partial charge in [0, 0.05) is 0 Å². The third-order valence-electron chi connectivity index (χ3n) is 6.37. The molecule has 0 aromatic carbocycles. The van der Waals surface area contributed by atoms with Gasteiger partial charge in [0.1, 0.15) is 0 Å². The fourth-order valence-corrected chi connectivity index (χ4v) is 6.48. The first kappa shape index (κ1) is 30.2. The van der Waals surface area contributed by atoms with Crippen LogP contribution >= 0.6 is 7.92 Å².